The number of H-pyrrole nitrogens is 1. The van der Waals surface area contributed by atoms with E-state index in [9.17, 15) is 4.39 Å². The molecule has 0 amide bonds. The van der Waals surface area contributed by atoms with Crippen molar-refractivity contribution in [2.24, 2.45) is 0 Å². The lowest BCUT2D eigenvalue weighted by molar-refractivity contribution is 0.629. The number of nitrogens with one attached hydrogen (secondary N) is 2. The van der Waals surface area contributed by atoms with Gasteiger partial charge in [-0.2, -0.15) is 0 Å². The minimum Gasteiger partial charge on any atom is -0.361 e. The van der Waals surface area contributed by atoms with E-state index >= 15 is 0 Å². The predicted molar refractivity (Wildman–Crippen MR) is 130 cm³/mol. The fourth-order valence-electron chi connectivity index (χ4n) is 4.88. The van der Waals surface area contributed by atoms with Crippen LogP contribution < -0.4 is 5.32 Å². The highest BCUT2D eigenvalue weighted by Gasteiger charge is 2.27. The predicted octanol–water partition coefficient (Wildman–Crippen LogP) is 6.11. The number of nitrogens with zero attached hydrogens (tertiary/aromatic N) is 2. The Bertz CT molecular complexity index is 1440. The van der Waals surface area contributed by atoms with Crippen molar-refractivity contribution >= 4 is 16.9 Å². The topological polar surface area (TPSA) is 53.6 Å². The molecule has 2 heterocycles. The summed E-state index contributed by atoms with van der Waals surface area (Å²) in [5.41, 5.74) is 7.95. The van der Waals surface area contributed by atoms with Crippen LogP contribution in [0.15, 0.2) is 85.2 Å². The van der Waals surface area contributed by atoms with Crippen molar-refractivity contribution in [1.82, 2.24) is 15.0 Å². The fourth-order valence-corrected chi connectivity index (χ4v) is 4.88. The molecular weight excluding hydrogens is 411 g/mol. The number of hydrogen-bond acceptors (Lipinski definition) is 3. The molecule has 5 heteroatoms. The van der Waals surface area contributed by atoms with Crippen LogP contribution in [0.2, 0.25) is 0 Å². The van der Waals surface area contributed by atoms with Gasteiger partial charge in [0.05, 0.1) is 5.69 Å². The molecule has 1 aliphatic rings. The van der Waals surface area contributed by atoms with Crippen LogP contribution in [0.4, 0.5) is 10.3 Å². The maximum absolute atomic E-state index is 13.4. The fraction of sp³-hybridized carbons (Fsp3) is 0.143. The maximum Gasteiger partial charge on any atom is 0.223 e. The van der Waals surface area contributed by atoms with Crippen LogP contribution in [0.25, 0.3) is 22.2 Å². The van der Waals surface area contributed by atoms with Crippen LogP contribution in [0.5, 0.6) is 0 Å². The second-order valence-corrected chi connectivity index (χ2v) is 8.50. The summed E-state index contributed by atoms with van der Waals surface area (Å²) in [6, 6.07) is 24.0. The monoisotopic (exact) mass is 434 g/mol. The summed E-state index contributed by atoms with van der Waals surface area (Å²) >= 11 is 0. The normalized spacial score (nSPS) is 14.6. The Balaban J connectivity index is 1.24. The molecule has 3 aromatic carbocycles. The molecule has 0 spiro atoms. The summed E-state index contributed by atoms with van der Waals surface area (Å²) in [5, 5.41) is 4.42. The molecule has 2 N–H and O–H groups in total. The van der Waals surface area contributed by atoms with E-state index in [0.29, 0.717) is 18.4 Å². The van der Waals surface area contributed by atoms with Crippen molar-refractivity contribution < 1.29 is 4.39 Å². The Morgan fingerprint density at radius 1 is 1.00 bits per heavy atom. The van der Waals surface area contributed by atoms with Crippen molar-refractivity contribution in [1.29, 1.82) is 0 Å². The number of fused-ring (bicyclic) bond motifs is 4. The first kappa shape index (κ1) is 19.7. The summed E-state index contributed by atoms with van der Waals surface area (Å²) in [7, 11) is 0. The first-order chi connectivity index (χ1) is 16.3. The number of rotatable bonds is 5. The second-order valence-electron chi connectivity index (χ2n) is 8.50. The molecule has 0 saturated carbocycles. The van der Waals surface area contributed by atoms with Gasteiger partial charge in [0, 0.05) is 41.3 Å². The number of aromatic amines is 1. The first-order valence-electron chi connectivity index (χ1n) is 11.3. The molecule has 1 aliphatic carbocycles. The molecule has 2 aromatic heterocycles. The SMILES string of the molecule is Fc1ccc2c(CCNc3ncc4c(n3)-c3ccccc3C(c3ccccc3)C4)c[nH]c2c1. The molecule has 6 rings (SSSR count). The highest BCUT2D eigenvalue weighted by molar-refractivity contribution is 5.83. The molecule has 1 unspecified atom stereocenters. The van der Waals surface area contributed by atoms with Gasteiger partial charge >= 0.3 is 0 Å². The maximum atomic E-state index is 13.4. The molecule has 0 saturated heterocycles. The Kier molecular flexibility index (Phi) is 4.87. The molecule has 0 aliphatic heterocycles. The van der Waals surface area contributed by atoms with Gasteiger partial charge in [-0.3, -0.25) is 0 Å². The average molecular weight is 435 g/mol. The summed E-state index contributed by atoms with van der Waals surface area (Å²) < 4.78 is 13.4. The average Bonchev–Trinajstić information content (AvgIpc) is 3.26. The number of halogens is 1. The molecule has 0 fully saturated rings. The molecule has 0 radical (unpaired) electrons. The van der Waals surface area contributed by atoms with Gasteiger partial charge in [0.15, 0.2) is 0 Å². The molecule has 162 valence electrons. The van der Waals surface area contributed by atoms with E-state index in [1.165, 1.54) is 34.4 Å². The Labute approximate surface area is 191 Å². The van der Waals surface area contributed by atoms with E-state index in [4.69, 9.17) is 4.98 Å². The summed E-state index contributed by atoms with van der Waals surface area (Å²) in [5.74, 6) is 0.711. The third-order valence-electron chi connectivity index (χ3n) is 6.49. The quantitative estimate of drug-likeness (QED) is 0.351. The van der Waals surface area contributed by atoms with Crippen molar-refractivity contribution in [2.75, 3.05) is 11.9 Å². The molecule has 1 atom stereocenters. The van der Waals surface area contributed by atoms with Gasteiger partial charge in [-0.1, -0.05) is 54.6 Å². The van der Waals surface area contributed by atoms with E-state index in [-0.39, 0.29) is 5.82 Å². The molecular formula is C28H23FN4. The van der Waals surface area contributed by atoms with E-state index < -0.39 is 0 Å². The van der Waals surface area contributed by atoms with Crippen molar-refractivity contribution in [3.05, 3.63) is 113 Å². The summed E-state index contributed by atoms with van der Waals surface area (Å²) in [6.45, 7) is 0.692. The standard InChI is InChI=1S/C28H23FN4/c29-21-10-11-22-19(16-31-26(22)15-21)12-13-30-28-32-17-20-14-25(18-6-2-1-3-7-18)23-8-4-5-9-24(23)27(20)33-28/h1-11,15-17,25,31H,12-14H2,(H,30,32,33). The third kappa shape index (κ3) is 3.65. The van der Waals surface area contributed by atoms with Crippen molar-refractivity contribution in [3.8, 4) is 11.3 Å². The zero-order valence-corrected chi connectivity index (χ0v) is 18.1. The second kappa shape index (κ2) is 8.17. The Morgan fingerprint density at radius 2 is 1.85 bits per heavy atom. The Morgan fingerprint density at radius 3 is 2.76 bits per heavy atom. The van der Waals surface area contributed by atoms with Gasteiger partial charge in [-0.05, 0) is 53.3 Å². The van der Waals surface area contributed by atoms with E-state index in [1.807, 2.05) is 18.5 Å². The van der Waals surface area contributed by atoms with Gasteiger partial charge in [0.2, 0.25) is 5.95 Å². The minimum atomic E-state index is -0.230. The van der Waals surface area contributed by atoms with Crippen LogP contribution in [0.3, 0.4) is 0 Å². The number of anilines is 1. The Hall–Kier alpha value is -3.99. The van der Waals surface area contributed by atoms with Crippen LogP contribution >= 0.6 is 0 Å². The minimum absolute atomic E-state index is 0.230. The lowest BCUT2D eigenvalue weighted by Gasteiger charge is -2.27. The van der Waals surface area contributed by atoms with Crippen LogP contribution in [-0.4, -0.2) is 21.5 Å². The van der Waals surface area contributed by atoms with Crippen molar-refractivity contribution in [2.45, 2.75) is 18.8 Å². The molecule has 5 aromatic rings. The number of aromatic nitrogens is 3. The van der Waals surface area contributed by atoms with Crippen LogP contribution in [0, 0.1) is 5.82 Å². The van der Waals surface area contributed by atoms with E-state index in [1.54, 1.807) is 0 Å². The van der Waals surface area contributed by atoms with Gasteiger partial charge in [-0.25, -0.2) is 14.4 Å². The molecule has 33 heavy (non-hydrogen) atoms. The largest absolute Gasteiger partial charge is 0.361 e. The lowest BCUT2D eigenvalue weighted by Crippen LogP contribution is -2.16. The van der Waals surface area contributed by atoms with Gasteiger partial charge in [0.1, 0.15) is 5.82 Å². The van der Waals surface area contributed by atoms with Gasteiger partial charge in [-0.15, -0.1) is 0 Å². The summed E-state index contributed by atoms with van der Waals surface area (Å²) in [4.78, 5) is 12.7. The number of benzene rings is 3. The summed E-state index contributed by atoms with van der Waals surface area (Å²) in [6.07, 6.45) is 5.59. The molecule has 4 nitrogen and oxygen atoms in total. The highest BCUT2D eigenvalue weighted by atomic mass is 19.1. The van der Waals surface area contributed by atoms with Crippen molar-refractivity contribution in [3.63, 3.8) is 0 Å². The third-order valence-corrected chi connectivity index (χ3v) is 6.49. The van der Waals surface area contributed by atoms with Gasteiger partial charge in [0.25, 0.3) is 0 Å². The van der Waals surface area contributed by atoms with Crippen LogP contribution in [0.1, 0.15) is 28.2 Å². The molecule has 0 bridgehead atoms. The number of hydrogen-bond donors (Lipinski definition) is 2. The zero-order chi connectivity index (χ0) is 22.2. The van der Waals surface area contributed by atoms with Crippen LogP contribution in [-0.2, 0) is 12.8 Å². The first-order valence-corrected chi connectivity index (χ1v) is 11.3. The zero-order valence-electron chi connectivity index (χ0n) is 18.1. The smallest absolute Gasteiger partial charge is 0.223 e. The highest BCUT2D eigenvalue weighted by Crippen LogP contribution is 2.41. The van der Waals surface area contributed by atoms with E-state index in [0.717, 1.165) is 35.0 Å². The van der Waals surface area contributed by atoms with Gasteiger partial charge < -0.3 is 10.3 Å². The van der Waals surface area contributed by atoms with E-state index in [2.05, 4.69) is 69.9 Å². The lowest BCUT2D eigenvalue weighted by atomic mass is 9.78.